The lowest BCUT2D eigenvalue weighted by molar-refractivity contribution is 0.575. The van der Waals surface area contributed by atoms with Crippen LogP contribution in [-0.4, -0.2) is 0 Å². The molecule has 0 bridgehead atoms. The van der Waals surface area contributed by atoms with Gasteiger partial charge in [0.1, 0.15) is 11.6 Å². The zero-order chi connectivity index (χ0) is 17.2. The fourth-order valence-electron chi connectivity index (χ4n) is 3.04. The van der Waals surface area contributed by atoms with E-state index in [4.69, 9.17) is 0 Å². The topological polar surface area (TPSA) is 0 Å². The number of benzene rings is 2. The summed E-state index contributed by atoms with van der Waals surface area (Å²) in [5.74, 6) is -1.05. The van der Waals surface area contributed by atoms with Gasteiger partial charge in [0, 0.05) is 11.6 Å². The Morgan fingerprint density at radius 3 is 1.96 bits per heavy atom. The SMILES string of the molecule is CCCCCCCCCCc1ccc(-c2ccc(F)cc2F)cc1. The molecule has 2 rings (SSSR count). The average molecular weight is 330 g/mol. The van der Waals surface area contributed by atoms with E-state index < -0.39 is 11.6 Å². The Morgan fingerprint density at radius 1 is 0.708 bits per heavy atom. The highest BCUT2D eigenvalue weighted by atomic mass is 19.1. The summed E-state index contributed by atoms with van der Waals surface area (Å²) in [5, 5.41) is 0. The first-order chi connectivity index (χ1) is 11.7. The molecule has 0 saturated heterocycles. The van der Waals surface area contributed by atoms with E-state index >= 15 is 0 Å². The standard InChI is InChI=1S/C22H28F2/c1-2-3-4-5-6-7-8-9-10-18-11-13-19(14-12-18)21-16-15-20(23)17-22(21)24/h11-17H,2-10H2,1H3. The van der Waals surface area contributed by atoms with Crippen molar-refractivity contribution < 1.29 is 8.78 Å². The van der Waals surface area contributed by atoms with E-state index in [9.17, 15) is 8.78 Å². The minimum atomic E-state index is -0.539. The molecule has 0 N–H and O–H groups in total. The summed E-state index contributed by atoms with van der Waals surface area (Å²) in [6.45, 7) is 2.25. The molecular formula is C22H28F2. The van der Waals surface area contributed by atoms with Gasteiger partial charge in [-0.3, -0.25) is 0 Å². The second-order valence-electron chi connectivity index (χ2n) is 6.55. The molecule has 0 spiro atoms. The van der Waals surface area contributed by atoms with Crippen LogP contribution in [0.1, 0.15) is 63.9 Å². The number of hydrogen-bond donors (Lipinski definition) is 0. The van der Waals surface area contributed by atoms with Gasteiger partial charge in [-0.1, -0.05) is 76.1 Å². The van der Waals surface area contributed by atoms with Crippen LogP contribution in [0.2, 0.25) is 0 Å². The van der Waals surface area contributed by atoms with Crippen molar-refractivity contribution in [2.24, 2.45) is 0 Å². The maximum Gasteiger partial charge on any atom is 0.133 e. The van der Waals surface area contributed by atoms with Crippen LogP contribution >= 0.6 is 0 Å². The number of halogens is 2. The molecule has 0 aliphatic carbocycles. The third kappa shape index (κ3) is 6.07. The molecule has 2 aromatic rings. The van der Waals surface area contributed by atoms with Crippen molar-refractivity contribution in [3.05, 3.63) is 59.7 Å². The Labute approximate surface area is 144 Å². The molecule has 0 saturated carbocycles. The van der Waals surface area contributed by atoms with Gasteiger partial charge in [0.05, 0.1) is 0 Å². The van der Waals surface area contributed by atoms with Crippen LogP contribution < -0.4 is 0 Å². The molecule has 0 heterocycles. The fourth-order valence-corrected chi connectivity index (χ4v) is 3.04. The molecule has 0 aliphatic heterocycles. The average Bonchev–Trinajstić information content (AvgIpc) is 2.58. The van der Waals surface area contributed by atoms with Crippen molar-refractivity contribution in [1.29, 1.82) is 0 Å². The van der Waals surface area contributed by atoms with Gasteiger partial charge in [-0.05, 0) is 36.1 Å². The van der Waals surface area contributed by atoms with Gasteiger partial charge in [0.2, 0.25) is 0 Å². The molecule has 0 fully saturated rings. The third-order valence-electron chi connectivity index (χ3n) is 4.52. The van der Waals surface area contributed by atoms with Crippen LogP contribution in [0.5, 0.6) is 0 Å². The van der Waals surface area contributed by atoms with Crippen LogP contribution in [0.4, 0.5) is 8.78 Å². The van der Waals surface area contributed by atoms with E-state index in [0.29, 0.717) is 5.56 Å². The normalized spacial score (nSPS) is 11.0. The molecule has 24 heavy (non-hydrogen) atoms. The molecule has 0 radical (unpaired) electrons. The van der Waals surface area contributed by atoms with Crippen molar-refractivity contribution in [3.63, 3.8) is 0 Å². The molecule has 0 unspecified atom stereocenters. The number of unbranched alkanes of at least 4 members (excludes halogenated alkanes) is 7. The Kier molecular flexibility index (Phi) is 7.94. The summed E-state index contributed by atoms with van der Waals surface area (Å²) in [6.07, 6.45) is 11.6. The lowest BCUT2D eigenvalue weighted by Gasteiger charge is -2.06. The summed E-state index contributed by atoms with van der Waals surface area (Å²) in [5.41, 5.74) is 2.54. The van der Waals surface area contributed by atoms with Crippen molar-refractivity contribution in [3.8, 4) is 11.1 Å². The van der Waals surface area contributed by atoms with Crippen LogP contribution in [0.3, 0.4) is 0 Å². The van der Waals surface area contributed by atoms with Gasteiger partial charge in [-0.25, -0.2) is 8.78 Å². The quantitative estimate of drug-likeness (QED) is 0.400. The monoisotopic (exact) mass is 330 g/mol. The van der Waals surface area contributed by atoms with E-state index in [1.165, 1.54) is 69.1 Å². The zero-order valence-electron chi connectivity index (χ0n) is 14.7. The maximum atomic E-state index is 13.8. The summed E-state index contributed by atoms with van der Waals surface area (Å²) < 4.78 is 26.8. The van der Waals surface area contributed by atoms with Crippen LogP contribution in [0, 0.1) is 11.6 Å². The molecule has 130 valence electrons. The Bertz CT molecular complexity index is 602. The Morgan fingerprint density at radius 2 is 1.33 bits per heavy atom. The highest BCUT2D eigenvalue weighted by Crippen LogP contribution is 2.24. The van der Waals surface area contributed by atoms with E-state index in [1.54, 1.807) is 0 Å². The minimum Gasteiger partial charge on any atom is -0.207 e. The smallest absolute Gasteiger partial charge is 0.133 e. The van der Waals surface area contributed by atoms with Gasteiger partial charge in [-0.15, -0.1) is 0 Å². The molecule has 0 aliphatic rings. The summed E-state index contributed by atoms with van der Waals surface area (Å²) >= 11 is 0. The summed E-state index contributed by atoms with van der Waals surface area (Å²) in [7, 11) is 0. The van der Waals surface area contributed by atoms with Crippen LogP contribution in [0.15, 0.2) is 42.5 Å². The first kappa shape index (κ1) is 18.6. The predicted molar refractivity (Wildman–Crippen MR) is 98.1 cm³/mol. The first-order valence-electron chi connectivity index (χ1n) is 9.25. The number of hydrogen-bond acceptors (Lipinski definition) is 0. The van der Waals surface area contributed by atoms with Crippen molar-refractivity contribution in [2.75, 3.05) is 0 Å². The molecule has 0 nitrogen and oxygen atoms in total. The van der Waals surface area contributed by atoms with Crippen molar-refractivity contribution in [1.82, 2.24) is 0 Å². The predicted octanol–water partition coefficient (Wildman–Crippen LogP) is 7.32. The van der Waals surface area contributed by atoms with E-state index in [0.717, 1.165) is 18.1 Å². The number of rotatable bonds is 10. The highest BCUT2D eigenvalue weighted by molar-refractivity contribution is 5.64. The van der Waals surface area contributed by atoms with Gasteiger partial charge in [0.25, 0.3) is 0 Å². The van der Waals surface area contributed by atoms with Crippen molar-refractivity contribution >= 4 is 0 Å². The molecule has 0 amide bonds. The molecule has 0 atom stereocenters. The number of aryl methyl sites for hydroxylation is 1. The Hall–Kier alpha value is -1.70. The minimum absolute atomic E-state index is 0.454. The molecular weight excluding hydrogens is 302 g/mol. The zero-order valence-corrected chi connectivity index (χ0v) is 14.7. The van der Waals surface area contributed by atoms with Gasteiger partial charge < -0.3 is 0 Å². The van der Waals surface area contributed by atoms with Gasteiger partial charge in [-0.2, -0.15) is 0 Å². The van der Waals surface area contributed by atoms with Crippen LogP contribution in [0.25, 0.3) is 11.1 Å². The highest BCUT2D eigenvalue weighted by Gasteiger charge is 2.06. The second kappa shape index (κ2) is 10.2. The van der Waals surface area contributed by atoms with Crippen molar-refractivity contribution in [2.45, 2.75) is 64.7 Å². The summed E-state index contributed by atoms with van der Waals surface area (Å²) in [6, 6.07) is 11.7. The lowest BCUT2D eigenvalue weighted by atomic mass is 10.0. The first-order valence-corrected chi connectivity index (χ1v) is 9.25. The van der Waals surface area contributed by atoms with E-state index in [-0.39, 0.29) is 0 Å². The lowest BCUT2D eigenvalue weighted by Crippen LogP contribution is -1.89. The van der Waals surface area contributed by atoms with Gasteiger partial charge >= 0.3 is 0 Å². The molecule has 0 aromatic heterocycles. The second-order valence-corrected chi connectivity index (χ2v) is 6.55. The van der Waals surface area contributed by atoms with E-state index in [2.05, 4.69) is 19.1 Å². The summed E-state index contributed by atoms with van der Waals surface area (Å²) in [4.78, 5) is 0. The molecule has 2 heteroatoms. The fraction of sp³-hybridized carbons (Fsp3) is 0.455. The van der Waals surface area contributed by atoms with E-state index in [1.807, 2.05) is 12.1 Å². The van der Waals surface area contributed by atoms with Gasteiger partial charge in [0.15, 0.2) is 0 Å². The Balaban J connectivity index is 1.74. The molecule has 2 aromatic carbocycles. The maximum absolute atomic E-state index is 13.8. The van der Waals surface area contributed by atoms with Crippen LogP contribution in [-0.2, 0) is 6.42 Å². The third-order valence-corrected chi connectivity index (χ3v) is 4.52. The largest absolute Gasteiger partial charge is 0.207 e.